The summed E-state index contributed by atoms with van der Waals surface area (Å²) < 4.78 is 13.1. The number of hydrogen-bond acceptors (Lipinski definition) is 6. The van der Waals surface area contributed by atoms with E-state index in [1.807, 2.05) is 0 Å². The fraction of sp³-hybridized carbons (Fsp3) is 0.188. The molecule has 0 radical (unpaired) electrons. The van der Waals surface area contributed by atoms with Crippen molar-refractivity contribution < 1.29 is 19.4 Å². The average molecular weight is 360 g/mol. The summed E-state index contributed by atoms with van der Waals surface area (Å²) in [6.45, 7) is 0.971. The number of carbonyl (C=O) groups excluding carboxylic acids is 1. The van der Waals surface area contributed by atoms with Crippen LogP contribution in [0.25, 0.3) is 12.2 Å². The first-order valence-electron chi connectivity index (χ1n) is 7.18. The largest absolute Gasteiger partial charge is 0.493 e. The molecule has 0 bridgehead atoms. The first-order valence-corrected chi connectivity index (χ1v) is 8.40. The molecule has 0 spiro atoms. The van der Waals surface area contributed by atoms with Crippen molar-refractivity contribution in [2.24, 2.45) is 12.0 Å². The molecule has 2 aromatic rings. The van der Waals surface area contributed by atoms with Crippen LogP contribution in [0.5, 0.6) is 17.4 Å². The minimum atomic E-state index is -0.374. The summed E-state index contributed by atoms with van der Waals surface area (Å²) in [5.74, 6) is 0.890. The number of aromatic nitrogens is 1. The lowest BCUT2D eigenvalue weighted by Gasteiger charge is -2.18. The van der Waals surface area contributed by atoms with Gasteiger partial charge < -0.3 is 14.6 Å². The molecule has 3 heterocycles. The van der Waals surface area contributed by atoms with Crippen molar-refractivity contribution in [3.63, 3.8) is 0 Å². The highest BCUT2D eigenvalue weighted by Gasteiger charge is 2.17. The van der Waals surface area contributed by atoms with Gasteiger partial charge >= 0.3 is 0 Å². The van der Waals surface area contributed by atoms with Crippen molar-refractivity contribution in [2.45, 2.75) is 0 Å². The van der Waals surface area contributed by atoms with E-state index in [-0.39, 0.29) is 11.8 Å². The number of fused-ring (bicyclic) bond motifs is 2. The monoisotopic (exact) mass is 360 g/mol. The maximum Gasteiger partial charge on any atom is 0.277 e. The highest BCUT2D eigenvalue weighted by Crippen LogP contribution is 2.29. The van der Waals surface area contributed by atoms with Crippen LogP contribution in [0.1, 0.15) is 4.88 Å². The van der Waals surface area contributed by atoms with Crippen LogP contribution in [-0.2, 0) is 11.8 Å². The maximum atomic E-state index is 12.3. The Labute approximate surface area is 145 Å². The van der Waals surface area contributed by atoms with Crippen molar-refractivity contribution >= 4 is 41.6 Å². The molecule has 2 aliphatic rings. The zero-order valence-electron chi connectivity index (χ0n) is 12.6. The van der Waals surface area contributed by atoms with Crippen molar-refractivity contribution in [3.05, 3.63) is 37.1 Å². The first kappa shape index (κ1) is 15.1. The van der Waals surface area contributed by atoms with E-state index in [2.05, 4.69) is 4.99 Å². The molecule has 0 saturated carbocycles. The van der Waals surface area contributed by atoms with Gasteiger partial charge in [-0.1, -0.05) is 0 Å². The standard InChI is InChI=1S/C16H12N2O4S2/c1-18-15(20)13(24-16(18)23)6-9-4-8-5-11-12(22-3-2-21-11)7-10(8)17-14(9)19/h4-7,20H,2-3H2,1H3. The van der Waals surface area contributed by atoms with Gasteiger partial charge in [-0.2, -0.15) is 0 Å². The third-order valence-corrected chi connectivity index (χ3v) is 5.26. The van der Waals surface area contributed by atoms with Crippen LogP contribution in [0.3, 0.4) is 0 Å². The summed E-state index contributed by atoms with van der Waals surface area (Å²) in [6.07, 6.45) is 3.33. The predicted molar refractivity (Wildman–Crippen MR) is 91.5 cm³/mol. The van der Waals surface area contributed by atoms with Gasteiger partial charge in [0.2, 0.25) is 5.88 Å². The molecule has 4 rings (SSSR count). The predicted octanol–water partition coefficient (Wildman–Crippen LogP) is 1.32. The minimum Gasteiger partial charge on any atom is -0.493 e. The Kier molecular flexibility index (Phi) is 3.50. The number of aromatic hydroxyl groups is 1. The van der Waals surface area contributed by atoms with Crippen LogP contribution in [0.4, 0.5) is 0 Å². The van der Waals surface area contributed by atoms with E-state index in [0.717, 1.165) is 5.22 Å². The molecule has 0 atom stereocenters. The zero-order chi connectivity index (χ0) is 16.8. The highest BCUT2D eigenvalue weighted by molar-refractivity contribution is 7.73. The zero-order valence-corrected chi connectivity index (χ0v) is 14.2. The van der Waals surface area contributed by atoms with Gasteiger partial charge in [0, 0.05) is 23.9 Å². The van der Waals surface area contributed by atoms with Crippen molar-refractivity contribution in [1.82, 2.24) is 4.57 Å². The second kappa shape index (κ2) is 5.57. The molecular weight excluding hydrogens is 348 g/mol. The van der Waals surface area contributed by atoms with Gasteiger partial charge in [0.1, 0.15) is 13.2 Å². The van der Waals surface area contributed by atoms with Gasteiger partial charge in [-0.3, -0.25) is 9.36 Å². The smallest absolute Gasteiger partial charge is 0.277 e. The van der Waals surface area contributed by atoms with Crippen molar-refractivity contribution in [2.75, 3.05) is 13.2 Å². The van der Waals surface area contributed by atoms with Gasteiger partial charge in [-0.15, -0.1) is 11.3 Å². The van der Waals surface area contributed by atoms with Gasteiger partial charge in [0.15, 0.2) is 15.5 Å². The van der Waals surface area contributed by atoms with Crippen LogP contribution in [0, 0.1) is 3.95 Å². The number of thiazole rings is 1. The Morgan fingerprint density at radius 1 is 1.33 bits per heavy atom. The summed E-state index contributed by atoms with van der Waals surface area (Å²) in [4.78, 5) is 16.9. The Hall–Kier alpha value is -2.45. The molecule has 8 heteroatoms. The fourth-order valence-electron chi connectivity index (χ4n) is 2.51. The molecule has 6 nitrogen and oxygen atoms in total. The third-order valence-electron chi connectivity index (χ3n) is 3.77. The SMILES string of the molecule is Cn1c(O)c(C=C2C=c3cc4c(cc3=NC2=O)OCCO4)sc1=S. The molecule has 1 aromatic carbocycles. The van der Waals surface area contributed by atoms with Crippen LogP contribution >= 0.6 is 23.6 Å². The molecule has 1 N–H and O–H groups in total. The summed E-state index contributed by atoms with van der Waals surface area (Å²) in [5.41, 5.74) is 0.381. The van der Waals surface area contributed by atoms with E-state index >= 15 is 0 Å². The lowest BCUT2D eigenvalue weighted by Crippen LogP contribution is -2.32. The molecule has 0 unspecified atom stereocenters. The third kappa shape index (κ3) is 2.44. The summed E-state index contributed by atoms with van der Waals surface area (Å²) in [6, 6.07) is 3.51. The molecule has 24 heavy (non-hydrogen) atoms. The second-order valence-electron chi connectivity index (χ2n) is 5.33. The Bertz CT molecular complexity index is 1080. The molecule has 0 aliphatic carbocycles. The minimum absolute atomic E-state index is 0.0340. The van der Waals surface area contributed by atoms with E-state index in [0.29, 0.717) is 44.5 Å². The molecular formula is C16H12N2O4S2. The molecule has 122 valence electrons. The molecule has 0 fully saturated rings. The van der Waals surface area contributed by atoms with E-state index < -0.39 is 0 Å². The molecule has 0 saturated heterocycles. The van der Waals surface area contributed by atoms with Crippen LogP contribution in [0.2, 0.25) is 0 Å². The normalized spacial score (nSPS) is 17.2. The van der Waals surface area contributed by atoms with Gasteiger partial charge in [-0.25, -0.2) is 4.99 Å². The average Bonchev–Trinajstić information content (AvgIpc) is 2.81. The quantitative estimate of drug-likeness (QED) is 0.613. The Balaban J connectivity index is 1.86. The van der Waals surface area contributed by atoms with Crippen LogP contribution < -0.4 is 20.0 Å². The summed E-state index contributed by atoms with van der Waals surface area (Å²) in [7, 11) is 1.67. The van der Waals surface area contributed by atoms with Crippen molar-refractivity contribution in [3.8, 4) is 17.4 Å². The first-order chi connectivity index (χ1) is 11.5. The van der Waals surface area contributed by atoms with Gasteiger partial charge in [0.05, 0.1) is 10.2 Å². The number of rotatable bonds is 1. The number of benzene rings is 1. The lowest BCUT2D eigenvalue weighted by atomic mass is 10.1. The molecule has 1 aromatic heterocycles. The van der Waals surface area contributed by atoms with Crippen LogP contribution in [0.15, 0.2) is 22.7 Å². The Morgan fingerprint density at radius 2 is 2.04 bits per heavy atom. The highest BCUT2D eigenvalue weighted by atomic mass is 32.1. The van der Waals surface area contributed by atoms with Crippen LogP contribution in [-0.4, -0.2) is 28.8 Å². The number of nitrogens with zero attached hydrogens (tertiary/aromatic N) is 2. The molecule has 1 amide bonds. The second-order valence-corrected chi connectivity index (χ2v) is 7.01. The van der Waals surface area contributed by atoms with E-state index in [4.69, 9.17) is 21.7 Å². The Morgan fingerprint density at radius 3 is 2.71 bits per heavy atom. The summed E-state index contributed by atoms with van der Waals surface area (Å²) >= 11 is 6.37. The molecule has 2 aliphatic heterocycles. The van der Waals surface area contributed by atoms with Crippen molar-refractivity contribution in [1.29, 1.82) is 0 Å². The number of carbonyl (C=O) groups is 1. The maximum absolute atomic E-state index is 12.3. The van der Waals surface area contributed by atoms with Gasteiger partial charge in [0.25, 0.3) is 5.91 Å². The van der Waals surface area contributed by atoms with E-state index in [9.17, 15) is 9.90 Å². The number of amides is 1. The number of hydrogen-bond donors (Lipinski definition) is 1. The number of ether oxygens (including phenoxy) is 2. The van der Waals surface area contributed by atoms with E-state index in [1.165, 1.54) is 15.9 Å². The lowest BCUT2D eigenvalue weighted by molar-refractivity contribution is -0.114. The van der Waals surface area contributed by atoms with Gasteiger partial charge in [-0.05, 0) is 30.4 Å². The topological polar surface area (TPSA) is 73.0 Å². The fourth-order valence-corrected chi connectivity index (χ4v) is 3.69. The summed E-state index contributed by atoms with van der Waals surface area (Å²) in [5, 5.41) is 11.4. The van der Waals surface area contributed by atoms with E-state index in [1.54, 1.807) is 31.3 Å².